The first-order chi connectivity index (χ1) is 19.8. The highest BCUT2D eigenvalue weighted by atomic mass is 16.5. The molecule has 3 aromatic carbocycles. The van der Waals surface area contributed by atoms with E-state index in [0.717, 1.165) is 24.8 Å². The van der Waals surface area contributed by atoms with Crippen LogP contribution in [-0.4, -0.2) is 46.6 Å². The van der Waals surface area contributed by atoms with Crippen LogP contribution in [0.1, 0.15) is 56.3 Å². The van der Waals surface area contributed by atoms with Crippen molar-refractivity contribution in [2.75, 3.05) is 19.1 Å². The highest BCUT2D eigenvalue weighted by Crippen LogP contribution is 2.40. The van der Waals surface area contributed by atoms with Gasteiger partial charge in [-0.05, 0) is 81.0 Å². The van der Waals surface area contributed by atoms with Gasteiger partial charge < -0.3 is 14.8 Å². The lowest BCUT2D eigenvalue weighted by Crippen LogP contribution is -2.51. The molecule has 9 nitrogen and oxygen atoms in total. The fourth-order valence-electron chi connectivity index (χ4n) is 5.40. The van der Waals surface area contributed by atoms with E-state index in [0.29, 0.717) is 34.7 Å². The molecule has 1 aliphatic rings. The first-order valence-electron chi connectivity index (χ1n) is 14.0. The summed E-state index contributed by atoms with van der Waals surface area (Å²) >= 11 is 0. The summed E-state index contributed by atoms with van der Waals surface area (Å²) in [5.41, 5.74) is 4.55. The van der Waals surface area contributed by atoms with E-state index in [-0.39, 0.29) is 18.4 Å². The average molecular weight is 556 g/mol. The second-order valence-electron chi connectivity index (χ2n) is 11.0. The minimum absolute atomic E-state index is 0.106. The van der Waals surface area contributed by atoms with Gasteiger partial charge in [-0.3, -0.25) is 14.5 Å². The summed E-state index contributed by atoms with van der Waals surface area (Å²) in [6.07, 6.45) is 3.71. The number of fused-ring (bicyclic) bond motifs is 2. The summed E-state index contributed by atoms with van der Waals surface area (Å²) in [4.78, 5) is 30.3. The predicted octanol–water partition coefficient (Wildman–Crippen LogP) is 5.02. The predicted molar refractivity (Wildman–Crippen MR) is 158 cm³/mol. The summed E-state index contributed by atoms with van der Waals surface area (Å²) in [6.45, 7) is 5.84. The number of aromatic nitrogens is 3. The quantitative estimate of drug-likeness (QED) is 0.295. The Balaban J connectivity index is 1.68. The van der Waals surface area contributed by atoms with Gasteiger partial charge in [0.1, 0.15) is 18.1 Å². The highest BCUT2D eigenvalue weighted by Gasteiger charge is 2.38. The number of hydrogen-bond acceptors (Lipinski definition) is 6. The van der Waals surface area contributed by atoms with Crippen molar-refractivity contribution in [3.8, 4) is 11.5 Å². The van der Waals surface area contributed by atoms with Crippen LogP contribution < -0.4 is 19.7 Å². The standard InChI is InChI=1S/C32H37N5O4/c1-6-32(2,3)33-31(39)29(24-13-10-16-27(40-4)30(24)41-5)37(23-18-17-21-11-9-12-22(21)19-23)28(38)20-36-26-15-8-7-14-25(26)34-35-36/h7-8,10,13-19,29H,6,9,11-12,20H2,1-5H3,(H,33,39)/t29-/m0/s1. The lowest BCUT2D eigenvalue weighted by atomic mass is 9.97. The van der Waals surface area contributed by atoms with E-state index in [1.54, 1.807) is 28.8 Å². The number of carbonyl (C=O) groups is 2. The Morgan fingerprint density at radius 2 is 1.80 bits per heavy atom. The molecule has 1 atom stereocenters. The molecule has 214 valence electrons. The molecule has 4 aromatic rings. The number of amides is 2. The summed E-state index contributed by atoms with van der Waals surface area (Å²) in [5, 5.41) is 11.7. The van der Waals surface area contributed by atoms with Crippen molar-refractivity contribution in [1.29, 1.82) is 0 Å². The second-order valence-corrected chi connectivity index (χ2v) is 11.0. The van der Waals surface area contributed by atoms with Gasteiger partial charge in [-0.2, -0.15) is 0 Å². The van der Waals surface area contributed by atoms with Gasteiger partial charge in [0.05, 0.1) is 19.7 Å². The van der Waals surface area contributed by atoms with Gasteiger partial charge in [0.25, 0.3) is 0 Å². The van der Waals surface area contributed by atoms with Gasteiger partial charge in [0, 0.05) is 16.8 Å². The fraction of sp³-hybridized carbons (Fsp3) is 0.375. The number of para-hydroxylation sites is 2. The number of nitrogens with one attached hydrogen (secondary N) is 1. The molecule has 0 radical (unpaired) electrons. The van der Waals surface area contributed by atoms with Crippen molar-refractivity contribution in [3.05, 3.63) is 77.4 Å². The van der Waals surface area contributed by atoms with Crippen LogP contribution in [0.2, 0.25) is 0 Å². The third-order valence-corrected chi connectivity index (χ3v) is 7.91. The van der Waals surface area contributed by atoms with Crippen LogP contribution in [0.25, 0.3) is 11.0 Å². The Morgan fingerprint density at radius 1 is 1.02 bits per heavy atom. The zero-order chi connectivity index (χ0) is 29.1. The summed E-state index contributed by atoms with van der Waals surface area (Å²) in [6, 6.07) is 17.9. The Hall–Kier alpha value is -4.40. The topological polar surface area (TPSA) is 98.6 Å². The van der Waals surface area contributed by atoms with Crippen LogP contribution in [-0.2, 0) is 29.0 Å². The number of rotatable bonds is 10. The number of carbonyl (C=O) groups excluding carboxylic acids is 2. The van der Waals surface area contributed by atoms with Crippen molar-refractivity contribution in [3.63, 3.8) is 0 Å². The summed E-state index contributed by atoms with van der Waals surface area (Å²) in [5.74, 6) is 0.245. The second kappa shape index (κ2) is 11.6. The third kappa shape index (κ3) is 5.62. The third-order valence-electron chi connectivity index (χ3n) is 7.91. The van der Waals surface area contributed by atoms with E-state index in [9.17, 15) is 9.59 Å². The Kier molecular flexibility index (Phi) is 7.97. The van der Waals surface area contributed by atoms with Crippen molar-refractivity contribution in [1.82, 2.24) is 20.3 Å². The minimum atomic E-state index is -1.05. The maximum atomic E-state index is 14.4. The molecular formula is C32H37N5O4. The molecule has 2 amide bonds. The Labute approximate surface area is 240 Å². The fourth-order valence-corrected chi connectivity index (χ4v) is 5.40. The van der Waals surface area contributed by atoms with Gasteiger partial charge in [-0.25, -0.2) is 4.68 Å². The number of hydrogen-bond donors (Lipinski definition) is 1. The van der Waals surface area contributed by atoms with Crippen molar-refractivity contribution < 1.29 is 19.1 Å². The molecule has 5 rings (SSSR count). The summed E-state index contributed by atoms with van der Waals surface area (Å²) < 4.78 is 12.9. The van der Waals surface area contributed by atoms with Crippen molar-refractivity contribution in [2.24, 2.45) is 0 Å². The largest absolute Gasteiger partial charge is 0.493 e. The number of aryl methyl sites for hydroxylation is 2. The molecule has 1 N–H and O–H groups in total. The zero-order valence-corrected chi connectivity index (χ0v) is 24.3. The molecule has 9 heteroatoms. The molecule has 0 spiro atoms. The lowest BCUT2D eigenvalue weighted by molar-refractivity contribution is -0.128. The number of anilines is 1. The maximum absolute atomic E-state index is 14.4. The van der Waals surface area contributed by atoms with Crippen LogP contribution in [0.3, 0.4) is 0 Å². The Morgan fingerprint density at radius 3 is 2.56 bits per heavy atom. The smallest absolute Gasteiger partial charge is 0.249 e. The minimum Gasteiger partial charge on any atom is -0.493 e. The number of ether oxygens (including phenoxy) is 2. The number of methoxy groups -OCH3 is 2. The van der Waals surface area contributed by atoms with Gasteiger partial charge >= 0.3 is 0 Å². The molecule has 0 saturated carbocycles. The van der Waals surface area contributed by atoms with Gasteiger partial charge in [0.2, 0.25) is 11.8 Å². The van der Waals surface area contributed by atoms with Gasteiger partial charge in [0.15, 0.2) is 11.5 Å². The van der Waals surface area contributed by atoms with Crippen LogP contribution in [0.4, 0.5) is 5.69 Å². The van der Waals surface area contributed by atoms with E-state index in [4.69, 9.17) is 9.47 Å². The first kappa shape index (κ1) is 28.1. The Bertz CT molecular complexity index is 1580. The van der Waals surface area contributed by atoms with Crippen molar-refractivity contribution in [2.45, 2.75) is 64.6 Å². The molecule has 41 heavy (non-hydrogen) atoms. The van der Waals surface area contributed by atoms with E-state index in [1.165, 1.54) is 18.2 Å². The molecule has 0 saturated heterocycles. The van der Waals surface area contributed by atoms with E-state index in [1.807, 2.05) is 63.2 Å². The average Bonchev–Trinajstić information content (AvgIpc) is 3.61. The molecule has 0 fully saturated rings. The number of benzene rings is 3. The molecule has 0 bridgehead atoms. The SMILES string of the molecule is CCC(C)(C)NC(=O)[C@H](c1cccc(OC)c1OC)N(C(=O)Cn1nnc2ccccc21)c1ccc2c(c1)CCC2. The first-order valence-corrected chi connectivity index (χ1v) is 14.0. The molecule has 1 aromatic heterocycles. The van der Waals surface area contributed by atoms with Crippen molar-refractivity contribution >= 4 is 28.5 Å². The normalized spacial score (nSPS) is 13.5. The van der Waals surface area contributed by atoms with Gasteiger partial charge in [-0.1, -0.05) is 42.5 Å². The lowest BCUT2D eigenvalue weighted by Gasteiger charge is -2.35. The molecular weight excluding hydrogens is 518 g/mol. The van der Waals surface area contributed by atoms with Crippen LogP contribution >= 0.6 is 0 Å². The summed E-state index contributed by atoms with van der Waals surface area (Å²) in [7, 11) is 3.09. The maximum Gasteiger partial charge on any atom is 0.249 e. The van der Waals surface area contributed by atoms with Crippen LogP contribution in [0.5, 0.6) is 11.5 Å². The molecule has 1 heterocycles. The van der Waals surface area contributed by atoms with Crippen LogP contribution in [0.15, 0.2) is 60.7 Å². The molecule has 1 aliphatic carbocycles. The van der Waals surface area contributed by atoms with Gasteiger partial charge in [-0.15, -0.1) is 5.10 Å². The zero-order valence-electron chi connectivity index (χ0n) is 24.3. The van der Waals surface area contributed by atoms with E-state index in [2.05, 4.69) is 21.7 Å². The molecule has 0 aliphatic heterocycles. The van der Waals surface area contributed by atoms with E-state index < -0.39 is 11.6 Å². The monoisotopic (exact) mass is 555 g/mol. The molecule has 0 unspecified atom stereocenters. The number of nitrogens with zero attached hydrogens (tertiary/aromatic N) is 4. The highest BCUT2D eigenvalue weighted by molar-refractivity contribution is 6.02. The van der Waals surface area contributed by atoms with E-state index >= 15 is 0 Å². The van der Waals surface area contributed by atoms with Crippen LogP contribution in [0, 0.1) is 0 Å².